The van der Waals surface area contributed by atoms with Crippen LogP contribution in [0.15, 0.2) is 59.5 Å². The molecule has 3 aromatic rings. The van der Waals surface area contributed by atoms with Gasteiger partial charge in [0.05, 0.1) is 21.4 Å². The third-order valence-electron chi connectivity index (χ3n) is 6.38. The highest BCUT2D eigenvalue weighted by molar-refractivity contribution is 7.93. The molecule has 0 atom stereocenters. The second kappa shape index (κ2) is 16.2. The van der Waals surface area contributed by atoms with Crippen LogP contribution in [-0.4, -0.2) is 53.2 Å². The standard InChI is InChI=1S/C31H37Cl2N2O12PS/c1-30(2,3)28(37)42-18-44-46-48(39,47-45-19-43-29(38)31(4,5)6)17-35(49(40,41)24-15-21(32)14-22(33)16-24)23-11-12-25-20(13-23)9-8-10-26(25)27(36)34-7/h8-16H,17-19H2,1-7H3,(H,34,36). The van der Waals surface area contributed by atoms with E-state index in [-0.39, 0.29) is 21.6 Å². The lowest BCUT2D eigenvalue weighted by Crippen LogP contribution is -2.33. The molecule has 0 heterocycles. The summed E-state index contributed by atoms with van der Waals surface area (Å²) in [4.78, 5) is 46.2. The van der Waals surface area contributed by atoms with Gasteiger partial charge in [-0.25, -0.2) is 8.42 Å². The van der Waals surface area contributed by atoms with Gasteiger partial charge in [0.2, 0.25) is 13.6 Å². The summed E-state index contributed by atoms with van der Waals surface area (Å²) in [5, 5.41) is 3.45. The first kappa shape index (κ1) is 40.2. The van der Waals surface area contributed by atoms with Crippen LogP contribution >= 0.6 is 30.8 Å². The van der Waals surface area contributed by atoms with E-state index in [0.717, 1.165) is 12.1 Å². The molecule has 14 nitrogen and oxygen atoms in total. The molecule has 0 radical (unpaired) electrons. The molecular formula is C31H37Cl2N2O12PS. The van der Waals surface area contributed by atoms with Gasteiger partial charge in [0, 0.05) is 22.7 Å². The van der Waals surface area contributed by atoms with Crippen LogP contribution in [0.3, 0.4) is 0 Å². The number of carbonyl (C=O) groups is 3. The molecule has 3 aromatic carbocycles. The van der Waals surface area contributed by atoms with Crippen LogP contribution in [0, 0.1) is 10.8 Å². The van der Waals surface area contributed by atoms with Gasteiger partial charge in [0.25, 0.3) is 15.9 Å². The smallest absolute Gasteiger partial charge is 0.404 e. The Morgan fingerprint density at radius 1 is 0.816 bits per heavy atom. The Kier molecular flexibility index (Phi) is 13.3. The van der Waals surface area contributed by atoms with Gasteiger partial charge < -0.3 is 14.8 Å². The molecule has 1 N–H and O–H groups in total. The van der Waals surface area contributed by atoms with E-state index >= 15 is 0 Å². The van der Waals surface area contributed by atoms with Crippen molar-refractivity contribution < 1.29 is 56.0 Å². The Labute approximate surface area is 294 Å². The molecule has 49 heavy (non-hydrogen) atoms. The van der Waals surface area contributed by atoms with Crippen LogP contribution in [0.4, 0.5) is 5.69 Å². The first-order valence-corrected chi connectivity index (χ1v) is 18.4. The molecule has 18 heteroatoms. The van der Waals surface area contributed by atoms with Crippen molar-refractivity contribution in [2.24, 2.45) is 10.8 Å². The van der Waals surface area contributed by atoms with E-state index in [9.17, 15) is 27.4 Å². The highest BCUT2D eigenvalue weighted by Crippen LogP contribution is 2.51. The molecule has 0 saturated carbocycles. The Hall–Kier alpha value is -3.27. The number of fused-ring (bicyclic) bond motifs is 1. The largest absolute Gasteiger partial charge is 0.435 e. The van der Waals surface area contributed by atoms with Gasteiger partial charge in [-0.2, -0.15) is 9.78 Å². The number of nitrogens with one attached hydrogen (secondary N) is 1. The topological polar surface area (TPSA) is 173 Å². The number of sulfonamides is 1. The van der Waals surface area contributed by atoms with Gasteiger partial charge in [-0.05, 0) is 88.7 Å². The van der Waals surface area contributed by atoms with Gasteiger partial charge in [-0.1, -0.05) is 41.4 Å². The van der Waals surface area contributed by atoms with Crippen LogP contribution in [0.2, 0.25) is 10.0 Å². The molecule has 268 valence electrons. The highest BCUT2D eigenvalue weighted by Gasteiger charge is 2.39. The van der Waals surface area contributed by atoms with E-state index in [1.807, 2.05) is 0 Å². The molecular weight excluding hydrogens is 726 g/mol. The molecule has 0 bridgehead atoms. The minimum atomic E-state index is -4.88. The van der Waals surface area contributed by atoms with Crippen LogP contribution < -0.4 is 9.62 Å². The predicted molar refractivity (Wildman–Crippen MR) is 181 cm³/mol. The molecule has 0 unspecified atom stereocenters. The van der Waals surface area contributed by atoms with Crippen molar-refractivity contribution in [3.05, 3.63) is 70.2 Å². The first-order valence-electron chi connectivity index (χ1n) is 14.5. The van der Waals surface area contributed by atoms with Crippen molar-refractivity contribution in [3.63, 3.8) is 0 Å². The van der Waals surface area contributed by atoms with E-state index in [1.54, 1.807) is 59.7 Å². The average Bonchev–Trinajstić information content (AvgIpc) is 3.01. The lowest BCUT2D eigenvalue weighted by molar-refractivity contribution is -0.309. The maximum Gasteiger partial charge on any atom is 0.404 e. The van der Waals surface area contributed by atoms with Gasteiger partial charge in [0.15, 0.2) is 0 Å². The SMILES string of the molecule is CNC(=O)c1cccc2cc(N(CP(=O)(OOCOC(=O)C(C)(C)C)OOCOC(=O)C(C)(C)C)S(=O)(=O)c3cc(Cl)cc(Cl)c3)ccc12. The third kappa shape index (κ3) is 10.9. The van der Waals surface area contributed by atoms with Crippen molar-refractivity contribution in [2.75, 3.05) is 31.2 Å². The number of esters is 2. The minimum absolute atomic E-state index is 0.0107. The van der Waals surface area contributed by atoms with E-state index in [1.165, 1.54) is 31.3 Å². The molecule has 0 aliphatic heterocycles. The monoisotopic (exact) mass is 762 g/mol. The van der Waals surface area contributed by atoms with Gasteiger partial charge in [-0.3, -0.25) is 23.3 Å². The molecule has 0 aliphatic carbocycles. The zero-order valence-corrected chi connectivity index (χ0v) is 31.0. The number of benzene rings is 3. The zero-order chi connectivity index (χ0) is 36.8. The van der Waals surface area contributed by atoms with E-state index < -0.39 is 65.2 Å². The quantitative estimate of drug-likeness (QED) is 0.0453. The summed E-state index contributed by atoms with van der Waals surface area (Å²) in [6.45, 7) is 7.79. The summed E-state index contributed by atoms with van der Waals surface area (Å²) in [5.41, 5.74) is -1.58. The van der Waals surface area contributed by atoms with Crippen LogP contribution in [0.5, 0.6) is 0 Å². The van der Waals surface area contributed by atoms with Crippen molar-refractivity contribution in [1.82, 2.24) is 5.32 Å². The van der Waals surface area contributed by atoms with Crippen LogP contribution in [0.1, 0.15) is 51.9 Å². The number of hydrogen-bond donors (Lipinski definition) is 1. The van der Waals surface area contributed by atoms with Crippen LogP contribution in [0.25, 0.3) is 10.8 Å². The molecule has 0 aromatic heterocycles. The number of amides is 1. The molecule has 0 spiro atoms. The average molecular weight is 764 g/mol. The molecule has 0 fully saturated rings. The second-order valence-electron chi connectivity index (χ2n) is 12.5. The Bertz CT molecular complexity index is 1800. The van der Waals surface area contributed by atoms with Crippen molar-refractivity contribution in [3.8, 4) is 0 Å². The fourth-order valence-electron chi connectivity index (χ4n) is 3.87. The van der Waals surface area contributed by atoms with Gasteiger partial charge in [-0.15, -0.1) is 9.35 Å². The summed E-state index contributed by atoms with van der Waals surface area (Å²) < 4.78 is 63.3. The number of hydrogen-bond acceptors (Lipinski definition) is 12. The molecule has 0 aliphatic rings. The number of rotatable bonds is 14. The highest BCUT2D eigenvalue weighted by atomic mass is 35.5. The van der Waals surface area contributed by atoms with Crippen molar-refractivity contribution >= 4 is 75.1 Å². The summed E-state index contributed by atoms with van der Waals surface area (Å²) in [6.07, 6.45) is -1.11. The van der Waals surface area contributed by atoms with E-state index in [4.69, 9.17) is 51.8 Å². The summed E-state index contributed by atoms with van der Waals surface area (Å²) in [6, 6.07) is 12.7. The fourth-order valence-corrected chi connectivity index (χ4v) is 7.76. The van der Waals surface area contributed by atoms with Gasteiger partial charge >= 0.3 is 19.5 Å². The van der Waals surface area contributed by atoms with Gasteiger partial charge in [0.1, 0.15) is 6.29 Å². The summed E-state index contributed by atoms with van der Waals surface area (Å²) >= 11 is 12.3. The lowest BCUT2D eigenvalue weighted by atomic mass is 9.98. The summed E-state index contributed by atoms with van der Waals surface area (Å²) in [7, 11) is -8.10. The van der Waals surface area contributed by atoms with Crippen LogP contribution in [-0.2, 0) is 52.8 Å². The third-order valence-corrected chi connectivity index (χ3v) is 10.1. The minimum Gasteiger partial charge on any atom is -0.435 e. The number of halogens is 2. The van der Waals surface area contributed by atoms with Crippen molar-refractivity contribution in [1.29, 1.82) is 0 Å². The normalized spacial score (nSPS) is 12.4. The Morgan fingerprint density at radius 2 is 1.35 bits per heavy atom. The lowest BCUT2D eigenvalue weighted by Gasteiger charge is -2.28. The maximum absolute atomic E-state index is 14.2. The number of carbonyl (C=O) groups excluding carboxylic acids is 3. The van der Waals surface area contributed by atoms with E-state index in [0.29, 0.717) is 20.6 Å². The molecule has 3 rings (SSSR count). The Morgan fingerprint density at radius 3 is 1.84 bits per heavy atom. The number of anilines is 1. The first-order chi connectivity index (χ1) is 22.7. The molecule has 1 amide bonds. The Balaban J connectivity index is 2.08. The summed E-state index contributed by atoms with van der Waals surface area (Å²) in [5.74, 6) is -1.76. The number of nitrogens with zero attached hydrogens (tertiary/aromatic N) is 1. The fraction of sp³-hybridized carbons (Fsp3) is 0.387. The maximum atomic E-state index is 14.2. The zero-order valence-electron chi connectivity index (χ0n) is 27.8. The predicted octanol–water partition coefficient (Wildman–Crippen LogP) is 6.84. The van der Waals surface area contributed by atoms with Crippen molar-refractivity contribution in [2.45, 2.75) is 46.4 Å². The molecule has 0 saturated heterocycles. The van der Waals surface area contributed by atoms with E-state index in [2.05, 4.69) is 5.32 Å². The number of ether oxygens (including phenoxy) is 2. The second-order valence-corrected chi connectivity index (χ2v) is 17.0.